The second-order valence-electron chi connectivity index (χ2n) is 4.96. The first-order valence-electron chi connectivity index (χ1n) is 5.83. The van der Waals surface area contributed by atoms with E-state index in [0.717, 1.165) is 11.1 Å². The van der Waals surface area contributed by atoms with E-state index in [0.29, 0.717) is 5.75 Å². The number of hydrogen-bond acceptors (Lipinski definition) is 4. The summed E-state index contributed by atoms with van der Waals surface area (Å²) in [6.07, 6.45) is 0.386. The van der Waals surface area contributed by atoms with Gasteiger partial charge in [0.15, 0.2) is 0 Å². The summed E-state index contributed by atoms with van der Waals surface area (Å²) in [7, 11) is 1.58. The summed E-state index contributed by atoms with van der Waals surface area (Å²) < 4.78 is 9.91. The summed E-state index contributed by atoms with van der Waals surface area (Å²) in [6.45, 7) is 3.86. The molecule has 0 N–H and O–H groups in total. The number of rotatable bonds is 2. The number of carbonyl (C=O) groups excluding carboxylic acids is 2. The zero-order valence-corrected chi connectivity index (χ0v) is 10.8. The van der Waals surface area contributed by atoms with E-state index in [2.05, 4.69) is 4.74 Å². The molecule has 0 saturated carbocycles. The lowest BCUT2D eigenvalue weighted by Crippen LogP contribution is -2.37. The van der Waals surface area contributed by atoms with Crippen molar-refractivity contribution in [1.29, 1.82) is 0 Å². The molecule has 1 aromatic carbocycles. The van der Waals surface area contributed by atoms with Crippen molar-refractivity contribution in [3.8, 4) is 5.75 Å². The standard InChI is InChI=1S/C14H16O4/c1-9-4-5-11(17-3)10(6-9)14(2)7-12(15)18-13(16)8-14/h4-6H,7-8H2,1-3H3. The second-order valence-corrected chi connectivity index (χ2v) is 4.96. The molecule has 0 spiro atoms. The molecule has 0 amide bonds. The summed E-state index contributed by atoms with van der Waals surface area (Å²) in [4.78, 5) is 22.9. The molecule has 1 fully saturated rings. The van der Waals surface area contributed by atoms with Crippen molar-refractivity contribution in [3.63, 3.8) is 0 Å². The minimum atomic E-state index is -0.552. The maximum Gasteiger partial charge on any atom is 0.314 e. The van der Waals surface area contributed by atoms with Gasteiger partial charge in [-0.1, -0.05) is 24.6 Å². The van der Waals surface area contributed by atoms with Gasteiger partial charge < -0.3 is 9.47 Å². The highest BCUT2D eigenvalue weighted by molar-refractivity contribution is 5.90. The van der Waals surface area contributed by atoms with Crippen LogP contribution in [0, 0.1) is 6.92 Å². The molecule has 0 bridgehead atoms. The Kier molecular flexibility index (Phi) is 3.11. The molecule has 1 aliphatic heterocycles. The second kappa shape index (κ2) is 4.44. The molecule has 0 aliphatic carbocycles. The molecule has 1 heterocycles. The molecule has 96 valence electrons. The summed E-state index contributed by atoms with van der Waals surface area (Å²) in [6, 6.07) is 5.76. The average molecular weight is 248 g/mol. The van der Waals surface area contributed by atoms with Crippen LogP contribution in [0.3, 0.4) is 0 Å². The van der Waals surface area contributed by atoms with Crippen molar-refractivity contribution >= 4 is 11.9 Å². The van der Waals surface area contributed by atoms with Crippen molar-refractivity contribution in [2.75, 3.05) is 7.11 Å². The fraction of sp³-hybridized carbons (Fsp3) is 0.429. The van der Waals surface area contributed by atoms with Crippen LogP contribution < -0.4 is 4.74 Å². The van der Waals surface area contributed by atoms with Crippen LogP contribution in [0.25, 0.3) is 0 Å². The van der Waals surface area contributed by atoms with Crippen LogP contribution >= 0.6 is 0 Å². The fourth-order valence-corrected chi connectivity index (χ4v) is 2.38. The monoisotopic (exact) mass is 248 g/mol. The smallest absolute Gasteiger partial charge is 0.314 e. The lowest BCUT2D eigenvalue weighted by atomic mass is 9.75. The quantitative estimate of drug-likeness (QED) is 0.594. The average Bonchev–Trinajstić information content (AvgIpc) is 2.27. The number of ether oxygens (including phenoxy) is 2. The Labute approximate surface area is 106 Å². The highest BCUT2D eigenvalue weighted by Crippen LogP contribution is 2.40. The maximum absolute atomic E-state index is 11.5. The van der Waals surface area contributed by atoms with Gasteiger partial charge in [-0.25, -0.2) is 0 Å². The third-order valence-corrected chi connectivity index (χ3v) is 3.30. The highest BCUT2D eigenvalue weighted by atomic mass is 16.6. The summed E-state index contributed by atoms with van der Waals surface area (Å²) in [5, 5.41) is 0. The third kappa shape index (κ3) is 2.23. The molecular weight excluding hydrogens is 232 g/mol. The van der Waals surface area contributed by atoms with Gasteiger partial charge in [-0.15, -0.1) is 0 Å². The lowest BCUT2D eigenvalue weighted by molar-refractivity contribution is -0.166. The largest absolute Gasteiger partial charge is 0.496 e. The van der Waals surface area contributed by atoms with E-state index < -0.39 is 17.4 Å². The Hall–Kier alpha value is -1.84. The van der Waals surface area contributed by atoms with E-state index in [1.807, 2.05) is 32.0 Å². The van der Waals surface area contributed by atoms with Gasteiger partial charge in [-0.3, -0.25) is 9.59 Å². The van der Waals surface area contributed by atoms with E-state index in [1.54, 1.807) is 7.11 Å². The van der Waals surface area contributed by atoms with Crippen molar-refractivity contribution in [1.82, 2.24) is 0 Å². The first kappa shape index (κ1) is 12.6. The fourth-order valence-electron chi connectivity index (χ4n) is 2.38. The van der Waals surface area contributed by atoms with Crippen LogP contribution in [0.15, 0.2) is 18.2 Å². The zero-order chi connectivity index (χ0) is 13.3. The van der Waals surface area contributed by atoms with Gasteiger partial charge in [0.25, 0.3) is 0 Å². The maximum atomic E-state index is 11.5. The van der Waals surface area contributed by atoms with E-state index >= 15 is 0 Å². The Balaban J connectivity index is 2.48. The minimum Gasteiger partial charge on any atom is -0.496 e. The summed E-state index contributed by atoms with van der Waals surface area (Å²) in [5.41, 5.74) is 1.40. The summed E-state index contributed by atoms with van der Waals surface area (Å²) >= 11 is 0. The molecule has 1 aliphatic rings. The van der Waals surface area contributed by atoms with Crippen molar-refractivity contribution < 1.29 is 19.1 Å². The van der Waals surface area contributed by atoms with Gasteiger partial charge in [0.2, 0.25) is 0 Å². The topological polar surface area (TPSA) is 52.6 Å². The predicted octanol–water partition coefficient (Wildman–Crippen LogP) is 2.12. The normalized spacial score (nSPS) is 18.4. The number of carbonyl (C=O) groups is 2. The number of cyclic esters (lactones) is 2. The first-order valence-corrected chi connectivity index (χ1v) is 5.83. The SMILES string of the molecule is COc1ccc(C)cc1C1(C)CC(=O)OC(=O)C1. The van der Waals surface area contributed by atoms with E-state index in [4.69, 9.17) is 4.74 Å². The van der Waals surface area contributed by atoms with Crippen LogP contribution in [-0.2, 0) is 19.7 Å². The number of benzene rings is 1. The van der Waals surface area contributed by atoms with Crippen molar-refractivity contribution in [2.45, 2.75) is 32.1 Å². The number of methoxy groups -OCH3 is 1. The Bertz CT molecular complexity index is 489. The zero-order valence-electron chi connectivity index (χ0n) is 10.8. The van der Waals surface area contributed by atoms with Crippen LogP contribution in [0.4, 0.5) is 0 Å². The van der Waals surface area contributed by atoms with Gasteiger partial charge in [0.1, 0.15) is 5.75 Å². The Morgan fingerprint density at radius 1 is 1.22 bits per heavy atom. The molecule has 2 rings (SSSR count). The van der Waals surface area contributed by atoms with E-state index in [1.165, 1.54) is 0 Å². The number of hydrogen-bond donors (Lipinski definition) is 0. The molecule has 18 heavy (non-hydrogen) atoms. The highest BCUT2D eigenvalue weighted by Gasteiger charge is 2.40. The molecule has 1 saturated heterocycles. The van der Waals surface area contributed by atoms with Crippen molar-refractivity contribution in [3.05, 3.63) is 29.3 Å². The number of aryl methyl sites for hydroxylation is 1. The van der Waals surface area contributed by atoms with Crippen molar-refractivity contribution in [2.24, 2.45) is 0 Å². The van der Waals surface area contributed by atoms with Crippen LogP contribution in [0.5, 0.6) is 5.75 Å². The molecule has 1 aromatic rings. The van der Waals surface area contributed by atoms with Gasteiger partial charge >= 0.3 is 11.9 Å². The van der Waals surface area contributed by atoms with E-state index in [9.17, 15) is 9.59 Å². The van der Waals surface area contributed by atoms with E-state index in [-0.39, 0.29) is 12.8 Å². The molecule has 4 heteroatoms. The van der Waals surface area contributed by atoms with Gasteiger partial charge in [0.05, 0.1) is 20.0 Å². The van der Waals surface area contributed by atoms with Crippen LogP contribution in [0.1, 0.15) is 30.9 Å². The molecule has 0 atom stereocenters. The number of esters is 2. The van der Waals surface area contributed by atoms with Crippen LogP contribution in [0.2, 0.25) is 0 Å². The van der Waals surface area contributed by atoms with Gasteiger partial charge in [0, 0.05) is 11.0 Å². The molecular formula is C14H16O4. The van der Waals surface area contributed by atoms with Gasteiger partial charge in [-0.2, -0.15) is 0 Å². The molecule has 4 nitrogen and oxygen atoms in total. The molecule has 0 radical (unpaired) electrons. The molecule has 0 aromatic heterocycles. The minimum absolute atomic E-state index is 0.193. The molecule has 0 unspecified atom stereocenters. The van der Waals surface area contributed by atoms with Gasteiger partial charge in [-0.05, 0) is 13.0 Å². The first-order chi connectivity index (χ1) is 8.44. The predicted molar refractivity (Wildman–Crippen MR) is 65.4 cm³/mol. The summed E-state index contributed by atoms with van der Waals surface area (Å²) in [5.74, 6) is -0.250. The third-order valence-electron chi connectivity index (χ3n) is 3.30. The Morgan fingerprint density at radius 3 is 2.39 bits per heavy atom. The lowest BCUT2D eigenvalue weighted by Gasteiger charge is -2.32. The van der Waals surface area contributed by atoms with Crippen LogP contribution in [-0.4, -0.2) is 19.0 Å². The Morgan fingerprint density at radius 2 is 1.83 bits per heavy atom.